The minimum absolute atomic E-state index is 1.11. The second-order valence-electron chi connectivity index (χ2n) is 12.5. The third-order valence-electron chi connectivity index (χ3n) is 9.50. The van der Waals surface area contributed by atoms with Crippen molar-refractivity contribution < 1.29 is 0 Å². The van der Waals surface area contributed by atoms with Crippen molar-refractivity contribution in [2.24, 2.45) is 0 Å². The van der Waals surface area contributed by atoms with Crippen molar-refractivity contribution >= 4 is 64.9 Å². The number of fused-ring (bicyclic) bond motifs is 4. The molecule has 0 bridgehead atoms. The minimum atomic E-state index is 1.11. The zero-order chi connectivity index (χ0) is 31.9. The number of thiophene rings is 1. The van der Waals surface area contributed by atoms with Crippen LogP contribution in [0.3, 0.4) is 0 Å². The Kier molecular flexibility index (Phi) is 7.22. The Hall–Kier alpha value is -5.70. The van der Waals surface area contributed by atoms with E-state index < -0.39 is 0 Å². The molecule has 0 atom stereocenters. The quantitative estimate of drug-likeness (QED) is 0.176. The maximum Gasteiger partial charge on any atom is 0.0462 e. The van der Waals surface area contributed by atoms with Crippen molar-refractivity contribution in [2.45, 2.75) is 12.8 Å². The average Bonchev–Trinajstić information content (AvgIpc) is 3.53. The van der Waals surface area contributed by atoms with E-state index in [9.17, 15) is 0 Å². The van der Waals surface area contributed by atoms with Crippen LogP contribution >= 0.6 is 11.3 Å². The third-order valence-corrected chi connectivity index (χ3v) is 10.6. The fourth-order valence-electron chi connectivity index (χ4n) is 7.06. The van der Waals surface area contributed by atoms with Crippen LogP contribution in [0.25, 0.3) is 58.8 Å². The Labute approximate surface area is 285 Å². The Balaban J connectivity index is 1.04. The van der Waals surface area contributed by atoms with Crippen molar-refractivity contribution in [2.75, 3.05) is 4.90 Å². The van der Waals surface area contributed by atoms with Gasteiger partial charge in [-0.05, 0) is 106 Å². The highest BCUT2D eigenvalue weighted by molar-refractivity contribution is 7.25. The molecule has 0 unspecified atom stereocenters. The van der Waals surface area contributed by atoms with Gasteiger partial charge in [0.25, 0.3) is 0 Å². The molecule has 1 heterocycles. The molecule has 1 aliphatic rings. The average molecular weight is 632 g/mol. The lowest BCUT2D eigenvalue weighted by Gasteiger charge is -2.26. The smallest absolute Gasteiger partial charge is 0.0462 e. The number of hydrogen-bond acceptors (Lipinski definition) is 2. The van der Waals surface area contributed by atoms with Crippen molar-refractivity contribution in [3.63, 3.8) is 0 Å². The normalized spacial score (nSPS) is 12.9. The van der Waals surface area contributed by atoms with Gasteiger partial charge in [0, 0.05) is 37.2 Å². The number of rotatable bonds is 6. The van der Waals surface area contributed by atoms with Crippen LogP contribution in [-0.2, 0) is 0 Å². The topological polar surface area (TPSA) is 3.24 Å². The summed E-state index contributed by atoms with van der Waals surface area (Å²) < 4.78 is 2.64. The van der Waals surface area contributed by atoms with Crippen molar-refractivity contribution in [3.05, 3.63) is 182 Å². The summed E-state index contributed by atoms with van der Waals surface area (Å²) in [5.74, 6) is 0. The molecule has 0 N–H and O–H groups in total. The second kappa shape index (κ2) is 12.2. The van der Waals surface area contributed by atoms with E-state index in [1.54, 1.807) is 0 Å². The molecule has 1 aliphatic carbocycles. The molecule has 48 heavy (non-hydrogen) atoms. The largest absolute Gasteiger partial charge is 0.311 e. The third kappa shape index (κ3) is 5.21. The van der Waals surface area contributed by atoms with Crippen LogP contribution in [0.15, 0.2) is 176 Å². The molecule has 0 saturated carbocycles. The minimum Gasteiger partial charge on any atom is -0.311 e. The predicted octanol–water partition coefficient (Wildman–Crippen LogP) is 13.7. The summed E-state index contributed by atoms with van der Waals surface area (Å²) in [5, 5.41) is 5.21. The lowest BCUT2D eigenvalue weighted by molar-refractivity contribution is 1.04. The van der Waals surface area contributed by atoms with Crippen LogP contribution in [0.1, 0.15) is 18.4 Å². The van der Waals surface area contributed by atoms with Gasteiger partial charge in [0.2, 0.25) is 0 Å². The molecular weight excluding hydrogens is 599 g/mol. The van der Waals surface area contributed by atoms with E-state index in [-0.39, 0.29) is 0 Å². The number of anilines is 3. The fourth-order valence-corrected chi connectivity index (χ4v) is 8.24. The first-order valence-corrected chi connectivity index (χ1v) is 17.5. The number of allylic oxidation sites excluding steroid dienone is 4. The van der Waals surface area contributed by atoms with Crippen LogP contribution in [-0.4, -0.2) is 0 Å². The van der Waals surface area contributed by atoms with E-state index in [0.717, 1.165) is 29.9 Å². The van der Waals surface area contributed by atoms with Gasteiger partial charge in [0.1, 0.15) is 0 Å². The lowest BCUT2D eigenvalue weighted by atomic mass is 9.97. The highest BCUT2D eigenvalue weighted by Crippen LogP contribution is 2.41. The zero-order valence-corrected chi connectivity index (χ0v) is 27.3. The molecule has 1 aromatic heterocycles. The molecule has 8 aromatic rings. The van der Waals surface area contributed by atoms with Crippen LogP contribution in [0.5, 0.6) is 0 Å². The molecule has 0 fully saturated rings. The standard InChI is InChI=1S/C46H33NS/c1-3-10-32(11-4-1)33-18-24-39(25-19-33)47(38-14-5-2-6-15-38)40-26-20-34(21-27-40)36-22-28-43-44-29-23-37(31-46(44)48-45(43)30-36)42-17-9-13-35-12-7-8-16-41(35)42/h2-3,5-31H,1,4H2. The number of nitrogens with zero attached hydrogens (tertiary/aromatic N) is 1. The Morgan fingerprint density at radius 2 is 1.04 bits per heavy atom. The van der Waals surface area contributed by atoms with Crippen LogP contribution in [0.4, 0.5) is 17.1 Å². The molecule has 0 saturated heterocycles. The van der Waals surface area contributed by atoms with Crippen LogP contribution < -0.4 is 4.90 Å². The number of hydrogen-bond donors (Lipinski definition) is 0. The van der Waals surface area contributed by atoms with Gasteiger partial charge in [-0.2, -0.15) is 0 Å². The second-order valence-corrected chi connectivity index (χ2v) is 13.5. The van der Waals surface area contributed by atoms with E-state index in [4.69, 9.17) is 0 Å². The van der Waals surface area contributed by atoms with E-state index in [0.29, 0.717) is 0 Å². The summed E-state index contributed by atoms with van der Waals surface area (Å²) in [6.07, 6.45) is 9.08. The van der Waals surface area contributed by atoms with Gasteiger partial charge >= 0.3 is 0 Å². The first-order chi connectivity index (χ1) is 23.8. The van der Waals surface area contributed by atoms with Crippen LogP contribution in [0, 0.1) is 0 Å². The SMILES string of the molecule is C1=CC(c2ccc(N(c3ccccc3)c3ccc(-c4ccc5c(c4)sc4cc(-c6cccc7ccccc67)ccc45)cc3)cc2)=CCC1. The highest BCUT2D eigenvalue weighted by atomic mass is 32.1. The molecule has 0 radical (unpaired) electrons. The van der Waals surface area contributed by atoms with E-state index in [1.165, 1.54) is 64.3 Å². The first-order valence-electron chi connectivity index (χ1n) is 16.7. The summed E-state index contributed by atoms with van der Waals surface area (Å²) in [5.41, 5.74) is 11.0. The van der Waals surface area contributed by atoms with Crippen molar-refractivity contribution in [3.8, 4) is 22.3 Å². The van der Waals surface area contributed by atoms with Gasteiger partial charge in [-0.3, -0.25) is 0 Å². The molecular formula is C46H33NS. The molecule has 7 aromatic carbocycles. The maximum atomic E-state index is 2.36. The molecule has 0 aliphatic heterocycles. The predicted molar refractivity (Wildman–Crippen MR) is 209 cm³/mol. The monoisotopic (exact) mass is 631 g/mol. The maximum absolute atomic E-state index is 2.36. The summed E-state index contributed by atoms with van der Waals surface area (Å²) in [6.45, 7) is 0. The van der Waals surface area contributed by atoms with E-state index >= 15 is 0 Å². The summed E-state index contributed by atoms with van der Waals surface area (Å²) in [6, 6.07) is 57.7. The Morgan fingerprint density at radius 3 is 1.77 bits per heavy atom. The van der Waals surface area contributed by atoms with Gasteiger partial charge in [-0.15, -0.1) is 11.3 Å². The van der Waals surface area contributed by atoms with Gasteiger partial charge in [0.15, 0.2) is 0 Å². The lowest BCUT2D eigenvalue weighted by Crippen LogP contribution is -2.09. The summed E-state index contributed by atoms with van der Waals surface area (Å²) in [4.78, 5) is 2.33. The molecule has 9 rings (SSSR count). The molecule has 2 heteroatoms. The van der Waals surface area contributed by atoms with E-state index in [2.05, 4.69) is 181 Å². The number of para-hydroxylation sites is 1. The van der Waals surface area contributed by atoms with Crippen molar-refractivity contribution in [1.82, 2.24) is 0 Å². The van der Waals surface area contributed by atoms with Gasteiger partial charge in [0.05, 0.1) is 0 Å². The summed E-state index contributed by atoms with van der Waals surface area (Å²) in [7, 11) is 0. The fraction of sp³-hybridized carbons (Fsp3) is 0.0435. The Morgan fingerprint density at radius 1 is 0.438 bits per heavy atom. The number of benzene rings is 7. The molecule has 0 amide bonds. The zero-order valence-electron chi connectivity index (χ0n) is 26.5. The highest BCUT2D eigenvalue weighted by Gasteiger charge is 2.14. The van der Waals surface area contributed by atoms with Gasteiger partial charge in [-0.25, -0.2) is 0 Å². The van der Waals surface area contributed by atoms with Gasteiger partial charge in [-0.1, -0.05) is 127 Å². The first kappa shape index (κ1) is 28.5. The van der Waals surface area contributed by atoms with Crippen LogP contribution in [0.2, 0.25) is 0 Å². The van der Waals surface area contributed by atoms with E-state index in [1.807, 2.05) is 11.3 Å². The molecule has 1 nitrogen and oxygen atoms in total. The summed E-state index contributed by atoms with van der Waals surface area (Å²) >= 11 is 1.88. The molecule has 228 valence electrons. The van der Waals surface area contributed by atoms with Gasteiger partial charge < -0.3 is 4.90 Å². The Bertz CT molecular complexity index is 2480. The molecule has 0 spiro atoms. The van der Waals surface area contributed by atoms with Crippen molar-refractivity contribution in [1.29, 1.82) is 0 Å².